The highest BCUT2D eigenvalue weighted by atomic mass is 14.9. The summed E-state index contributed by atoms with van der Waals surface area (Å²) < 4.78 is 0. The van der Waals surface area contributed by atoms with Gasteiger partial charge in [0.2, 0.25) is 0 Å². The maximum absolute atomic E-state index is 3.61. The predicted octanol–water partition coefficient (Wildman–Crippen LogP) is 4.46. The molecule has 0 saturated heterocycles. The van der Waals surface area contributed by atoms with Crippen LogP contribution in [0.15, 0.2) is 42.5 Å². The Hall–Kier alpha value is -1.60. The molecule has 0 unspecified atom stereocenters. The lowest BCUT2D eigenvalue weighted by Gasteiger charge is -2.16. The minimum absolute atomic E-state index is 0.375. The molecule has 2 aromatic carbocycles. The van der Waals surface area contributed by atoms with Gasteiger partial charge in [-0.3, -0.25) is 0 Å². The van der Waals surface area contributed by atoms with E-state index in [1.807, 2.05) is 0 Å². The molecule has 0 radical (unpaired) electrons. The smallest absolute Gasteiger partial charge is 0.0295 e. The minimum atomic E-state index is 0.375. The van der Waals surface area contributed by atoms with Gasteiger partial charge < -0.3 is 5.32 Å². The summed E-state index contributed by atoms with van der Waals surface area (Å²) in [6.45, 7) is 9.60. The van der Waals surface area contributed by atoms with Crippen LogP contribution in [0.1, 0.15) is 40.8 Å². The van der Waals surface area contributed by atoms with Crippen LogP contribution < -0.4 is 5.32 Å². The highest BCUT2D eigenvalue weighted by molar-refractivity contribution is 5.31. The Balaban J connectivity index is 2.04. The van der Waals surface area contributed by atoms with E-state index in [0.29, 0.717) is 6.04 Å². The molecule has 0 fully saturated rings. The van der Waals surface area contributed by atoms with Crippen molar-refractivity contribution in [3.05, 3.63) is 70.3 Å². The van der Waals surface area contributed by atoms with E-state index < -0.39 is 0 Å². The van der Waals surface area contributed by atoms with Crippen molar-refractivity contribution in [3.63, 3.8) is 0 Å². The fourth-order valence-corrected chi connectivity index (χ4v) is 2.31. The first-order chi connectivity index (χ1) is 9.06. The van der Waals surface area contributed by atoms with Gasteiger partial charge in [-0.25, -0.2) is 0 Å². The summed E-state index contributed by atoms with van der Waals surface area (Å²) in [7, 11) is 0. The second-order valence-electron chi connectivity index (χ2n) is 5.45. The Morgan fingerprint density at radius 3 is 2.42 bits per heavy atom. The van der Waals surface area contributed by atoms with Crippen molar-refractivity contribution < 1.29 is 0 Å². The van der Waals surface area contributed by atoms with E-state index in [1.54, 1.807) is 0 Å². The third-order valence-electron chi connectivity index (χ3n) is 3.65. The lowest BCUT2D eigenvalue weighted by atomic mass is 10.0. The van der Waals surface area contributed by atoms with Gasteiger partial charge in [0.25, 0.3) is 0 Å². The summed E-state index contributed by atoms with van der Waals surface area (Å²) in [5.74, 6) is 0. The number of aryl methyl sites for hydroxylation is 3. The molecule has 0 aromatic heterocycles. The monoisotopic (exact) mass is 253 g/mol. The highest BCUT2D eigenvalue weighted by Gasteiger charge is 2.06. The molecule has 2 rings (SSSR count). The average molecular weight is 253 g/mol. The van der Waals surface area contributed by atoms with E-state index in [-0.39, 0.29) is 0 Å². The molecule has 2 aromatic rings. The SMILES string of the molecule is Cc1cccc([C@H](C)NCc2cc(C)ccc2C)c1. The molecule has 0 saturated carbocycles. The van der Waals surface area contributed by atoms with Gasteiger partial charge in [-0.05, 0) is 44.4 Å². The van der Waals surface area contributed by atoms with Crippen LogP contribution in [0, 0.1) is 20.8 Å². The van der Waals surface area contributed by atoms with E-state index in [1.165, 1.54) is 27.8 Å². The Bertz CT molecular complexity index is 557. The fraction of sp³-hybridized carbons (Fsp3) is 0.333. The van der Waals surface area contributed by atoms with Gasteiger partial charge in [0.05, 0.1) is 0 Å². The van der Waals surface area contributed by atoms with Crippen molar-refractivity contribution in [2.75, 3.05) is 0 Å². The van der Waals surface area contributed by atoms with Crippen LogP contribution in [0.2, 0.25) is 0 Å². The standard InChI is InChI=1S/C18H23N/c1-13-6-5-7-17(10-13)16(4)19-12-18-11-14(2)8-9-15(18)3/h5-11,16,19H,12H2,1-4H3/t16-/m0/s1. The molecular weight excluding hydrogens is 230 g/mol. The summed E-state index contributed by atoms with van der Waals surface area (Å²) in [5, 5.41) is 3.61. The normalized spacial score (nSPS) is 12.4. The molecular formula is C18H23N. The van der Waals surface area contributed by atoms with Crippen LogP contribution in [-0.4, -0.2) is 0 Å². The second kappa shape index (κ2) is 6.03. The summed E-state index contributed by atoms with van der Waals surface area (Å²) in [6, 6.07) is 15.7. The van der Waals surface area contributed by atoms with Crippen molar-refractivity contribution in [1.29, 1.82) is 0 Å². The molecule has 1 atom stereocenters. The van der Waals surface area contributed by atoms with Crippen LogP contribution in [-0.2, 0) is 6.54 Å². The van der Waals surface area contributed by atoms with Crippen LogP contribution >= 0.6 is 0 Å². The summed E-state index contributed by atoms with van der Waals surface area (Å²) >= 11 is 0. The molecule has 0 spiro atoms. The maximum Gasteiger partial charge on any atom is 0.0295 e. The zero-order chi connectivity index (χ0) is 13.8. The van der Waals surface area contributed by atoms with Crippen LogP contribution in [0.25, 0.3) is 0 Å². The first-order valence-corrected chi connectivity index (χ1v) is 6.92. The minimum Gasteiger partial charge on any atom is -0.306 e. The van der Waals surface area contributed by atoms with E-state index in [2.05, 4.69) is 75.5 Å². The summed E-state index contributed by atoms with van der Waals surface area (Å²) in [4.78, 5) is 0. The summed E-state index contributed by atoms with van der Waals surface area (Å²) in [5.41, 5.74) is 6.74. The zero-order valence-electron chi connectivity index (χ0n) is 12.3. The van der Waals surface area contributed by atoms with Gasteiger partial charge in [0, 0.05) is 12.6 Å². The molecule has 0 heterocycles. The first kappa shape index (κ1) is 13.8. The van der Waals surface area contributed by atoms with Gasteiger partial charge in [-0.15, -0.1) is 0 Å². The third-order valence-corrected chi connectivity index (χ3v) is 3.65. The average Bonchev–Trinajstić information content (AvgIpc) is 2.39. The number of rotatable bonds is 4. The zero-order valence-corrected chi connectivity index (χ0v) is 12.3. The quantitative estimate of drug-likeness (QED) is 0.848. The predicted molar refractivity (Wildman–Crippen MR) is 82.3 cm³/mol. The first-order valence-electron chi connectivity index (χ1n) is 6.92. The molecule has 0 amide bonds. The van der Waals surface area contributed by atoms with Crippen molar-refractivity contribution >= 4 is 0 Å². The van der Waals surface area contributed by atoms with Crippen molar-refractivity contribution in [2.24, 2.45) is 0 Å². The summed E-state index contributed by atoms with van der Waals surface area (Å²) in [6.07, 6.45) is 0. The third kappa shape index (κ3) is 3.68. The van der Waals surface area contributed by atoms with E-state index in [9.17, 15) is 0 Å². The van der Waals surface area contributed by atoms with Crippen LogP contribution in [0.5, 0.6) is 0 Å². The van der Waals surface area contributed by atoms with Crippen molar-refractivity contribution in [3.8, 4) is 0 Å². The Morgan fingerprint density at radius 2 is 1.68 bits per heavy atom. The van der Waals surface area contributed by atoms with Crippen LogP contribution in [0.4, 0.5) is 0 Å². The maximum atomic E-state index is 3.61. The largest absolute Gasteiger partial charge is 0.306 e. The number of hydrogen-bond acceptors (Lipinski definition) is 1. The Labute approximate surface area is 116 Å². The van der Waals surface area contributed by atoms with Gasteiger partial charge in [0.1, 0.15) is 0 Å². The highest BCUT2D eigenvalue weighted by Crippen LogP contribution is 2.16. The number of hydrogen-bond donors (Lipinski definition) is 1. The van der Waals surface area contributed by atoms with Crippen LogP contribution in [0.3, 0.4) is 0 Å². The van der Waals surface area contributed by atoms with Gasteiger partial charge >= 0.3 is 0 Å². The molecule has 1 N–H and O–H groups in total. The van der Waals surface area contributed by atoms with Gasteiger partial charge in [-0.2, -0.15) is 0 Å². The van der Waals surface area contributed by atoms with E-state index >= 15 is 0 Å². The molecule has 0 aliphatic rings. The topological polar surface area (TPSA) is 12.0 Å². The lowest BCUT2D eigenvalue weighted by Crippen LogP contribution is -2.18. The molecule has 19 heavy (non-hydrogen) atoms. The second-order valence-corrected chi connectivity index (χ2v) is 5.45. The van der Waals surface area contributed by atoms with Gasteiger partial charge in [0.15, 0.2) is 0 Å². The molecule has 100 valence electrons. The number of nitrogens with one attached hydrogen (secondary N) is 1. The lowest BCUT2D eigenvalue weighted by molar-refractivity contribution is 0.573. The van der Waals surface area contributed by atoms with Crippen molar-refractivity contribution in [1.82, 2.24) is 5.32 Å². The fourth-order valence-electron chi connectivity index (χ4n) is 2.31. The molecule has 0 aliphatic heterocycles. The molecule has 1 heteroatoms. The molecule has 1 nitrogen and oxygen atoms in total. The van der Waals surface area contributed by atoms with Crippen molar-refractivity contribution in [2.45, 2.75) is 40.3 Å². The van der Waals surface area contributed by atoms with E-state index in [4.69, 9.17) is 0 Å². The molecule has 0 aliphatic carbocycles. The van der Waals surface area contributed by atoms with Gasteiger partial charge in [-0.1, -0.05) is 53.6 Å². The Kier molecular flexibility index (Phi) is 4.39. The number of benzene rings is 2. The Morgan fingerprint density at radius 1 is 0.947 bits per heavy atom. The molecule has 0 bridgehead atoms. The van der Waals surface area contributed by atoms with E-state index in [0.717, 1.165) is 6.54 Å².